The maximum atomic E-state index is 11.5. The Hall–Kier alpha value is -0.650. The first-order valence-corrected chi connectivity index (χ1v) is 11.8. The lowest BCUT2D eigenvalue weighted by Crippen LogP contribution is -2.68. The minimum atomic E-state index is -1.17. The SMILES string of the molecule is C[C@H](CCC(=O)O)[C@H]1CC[C@H]2[C@@H]3C[C@@H](O)[C@@]4(O)CC(O)CC[C@]4(C)[C@H]3CC[C@]12C. The molecule has 29 heavy (non-hydrogen) atoms. The van der Waals surface area contributed by atoms with Crippen LogP contribution in [0.4, 0.5) is 0 Å². The Balaban J connectivity index is 1.58. The quantitative estimate of drug-likeness (QED) is 0.570. The Morgan fingerprint density at radius 3 is 2.48 bits per heavy atom. The third kappa shape index (κ3) is 3.10. The van der Waals surface area contributed by atoms with Crippen molar-refractivity contribution in [3.8, 4) is 0 Å². The molecule has 1 unspecified atom stereocenters. The van der Waals surface area contributed by atoms with Gasteiger partial charge < -0.3 is 20.4 Å². The van der Waals surface area contributed by atoms with E-state index in [-0.39, 0.29) is 17.3 Å². The number of carboxylic acid groups (broad SMARTS) is 1. The molecule has 0 saturated heterocycles. The van der Waals surface area contributed by atoms with Crippen LogP contribution in [0, 0.1) is 40.4 Å². The lowest BCUT2D eigenvalue weighted by molar-refractivity contribution is -0.264. The van der Waals surface area contributed by atoms with Crippen molar-refractivity contribution in [2.45, 2.75) is 103 Å². The topological polar surface area (TPSA) is 98.0 Å². The number of aliphatic hydroxyl groups excluding tert-OH is 2. The fourth-order valence-electron chi connectivity index (χ4n) is 8.79. The van der Waals surface area contributed by atoms with Gasteiger partial charge in [-0.2, -0.15) is 0 Å². The van der Waals surface area contributed by atoms with Gasteiger partial charge in [-0.1, -0.05) is 20.8 Å². The number of hydrogen-bond donors (Lipinski definition) is 4. The summed E-state index contributed by atoms with van der Waals surface area (Å²) in [6.45, 7) is 6.82. The van der Waals surface area contributed by atoms with Crippen LogP contribution < -0.4 is 0 Å². The Bertz CT molecular complexity index is 651. The molecule has 0 aromatic carbocycles. The van der Waals surface area contributed by atoms with E-state index in [1.165, 1.54) is 0 Å². The van der Waals surface area contributed by atoms with Crippen molar-refractivity contribution < 1.29 is 25.2 Å². The Morgan fingerprint density at radius 1 is 1.07 bits per heavy atom. The summed E-state index contributed by atoms with van der Waals surface area (Å²) < 4.78 is 0. The summed E-state index contributed by atoms with van der Waals surface area (Å²) in [5.74, 6) is 1.61. The second-order valence-corrected chi connectivity index (χ2v) is 11.5. The van der Waals surface area contributed by atoms with E-state index in [4.69, 9.17) is 5.11 Å². The van der Waals surface area contributed by atoms with Gasteiger partial charge in [-0.05, 0) is 86.4 Å². The summed E-state index contributed by atoms with van der Waals surface area (Å²) in [7, 11) is 0. The second kappa shape index (κ2) is 7.20. The van der Waals surface area contributed by atoms with Crippen LogP contribution >= 0.6 is 0 Å². The molecule has 0 aromatic heterocycles. The summed E-state index contributed by atoms with van der Waals surface area (Å²) in [6, 6.07) is 0. The predicted octanol–water partition coefficient (Wildman–Crippen LogP) is 3.59. The number of aliphatic hydroxyl groups is 3. The van der Waals surface area contributed by atoms with Crippen molar-refractivity contribution >= 4 is 5.97 Å². The molecule has 4 N–H and O–H groups in total. The lowest BCUT2D eigenvalue weighted by Gasteiger charge is -2.65. The molecule has 0 spiro atoms. The first kappa shape index (κ1) is 21.6. The standard InChI is InChI=1S/C24H40O5/c1-14(4-7-21(27)28)17-5-6-18-16-12-20(26)24(29)13-15(25)8-11-23(24,3)19(16)9-10-22(17,18)2/h14-20,25-26,29H,4-13H2,1-3H3,(H,27,28)/t14-,15?,16+,17-,18+,19+,20-,22-,23-,24+/m1/s1. The Labute approximate surface area is 174 Å². The van der Waals surface area contributed by atoms with E-state index in [0.29, 0.717) is 48.9 Å². The maximum absolute atomic E-state index is 11.5. The van der Waals surface area contributed by atoms with Gasteiger partial charge in [0.15, 0.2) is 0 Å². The van der Waals surface area contributed by atoms with Crippen LogP contribution in [0.3, 0.4) is 0 Å². The highest BCUT2D eigenvalue weighted by Gasteiger charge is 2.67. The summed E-state index contributed by atoms with van der Waals surface area (Å²) in [5.41, 5.74) is -1.30. The largest absolute Gasteiger partial charge is 0.481 e. The molecule has 4 fully saturated rings. The molecule has 10 atom stereocenters. The molecule has 5 nitrogen and oxygen atoms in total. The molecule has 0 aromatic rings. The first-order valence-electron chi connectivity index (χ1n) is 11.8. The third-order valence-corrected chi connectivity index (χ3v) is 10.4. The van der Waals surface area contributed by atoms with Crippen LogP contribution in [0.1, 0.15) is 85.0 Å². The van der Waals surface area contributed by atoms with Gasteiger partial charge >= 0.3 is 5.97 Å². The van der Waals surface area contributed by atoms with Crippen LogP contribution in [0.25, 0.3) is 0 Å². The normalized spacial score (nSPS) is 52.9. The number of fused-ring (bicyclic) bond motifs is 5. The fourth-order valence-corrected chi connectivity index (χ4v) is 8.79. The predicted molar refractivity (Wildman–Crippen MR) is 110 cm³/mol. The molecule has 4 aliphatic rings. The van der Waals surface area contributed by atoms with E-state index in [2.05, 4.69) is 20.8 Å². The minimum absolute atomic E-state index is 0.207. The minimum Gasteiger partial charge on any atom is -0.481 e. The van der Waals surface area contributed by atoms with Gasteiger partial charge in [-0.15, -0.1) is 0 Å². The number of carbonyl (C=O) groups is 1. The van der Waals surface area contributed by atoms with Crippen molar-refractivity contribution in [1.82, 2.24) is 0 Å². The smallest absolute Gasteiger partial charge is 0.303 e. The van der Waals surface area contributed by atoms with E-state index in [1.807, 2.05) is 0 Å². The second-order valence-electron chi connectivity index (χ2n) is 11.5. The zero-order valence-corrected chi connectivity index (χ0v) is 18.3. The summed E-state index contributed by atoms with van der Waals surface area (Å²) in [6.07, 6.45) is 6.65. The molecule has 166 valence electrons. The van der Waals surface area contributed by atoms with E-state index in [9.17, 15) is 20.1 Å². The molecular formula is C24H40O5. The van der Waals surface area contributed by atoms with Crippen molar-refractivity contribution in [2.24, 2.45) is 40.4 Å². The molecule has 4 saturated carbocycles. The zero-order chi connectivity index (χ0) is 21.2. The Morgan fingerprint density at radius 2 is 1.79 bits per heavy atom. The molecule has 0 radical (unpaired) electrons. The van der Waals surface area contributed by atoms with Crippen LogP contribution in [0.5, 0.6) is 0 Å². The molecule has 0 amide bonds. The third-order valence-electron chi connectivity index (χ3n) is 10.4. The molecule has 0 bridgehead atoms. The van der Waals surface area contributed by atoms with Gasteiger partial charge in [-0.25, -0.2) is 0 Å². The van der Waals surface area contributed by atoms with E-state index in [0.717, 1.165) is 38.5 Å². The van der Waals surface area contributed by atoms with Gasteiger partial charge in [0.05, 0.1) is 17.8 Å². The maximum Gasteiger partial charge on any atom is 0.303 e. The van der Waals surface area contributed by atoms with Gasteiger partial charge in [0.1, 0.15) is 0 Å². The molecule has 0 aliphatic heterocycles. The number of hydrogen-bond acceptors (Lipinski definition) is 4. The zero-order valence-electron chi connectivity index (χ0n) is 18.3. The lowest BCUT2D eigenvalue weighted by atomic mass is 9.42. The van der Waals surface area contributed by atoms with Gasteiger partial charge in [0.25, 0.3) is 0 Å². The highest BCUT2D eigenvalue weighted by atomic mass is 16.4. The Kier molecular flexibility index (Phi) is 5.36. The molecule has 5 heteroatoms. The van der Waals surface area contributed by atoms with E-state index >= 15 is 0 Å². The molecule has 4 rings (SSSR count). The summed E-state index contributed by atoms with van der Waals surface area (Å²) >= 11 is 0. The highest BCUT2D eigenvalue weighted by molar-refractivity contribution is 5.66. The van der Waals surface area contributed by atoms with E-state index in [1.54, 1.807) is 0 Å². The average molecular weight is 409 g/mol. The number of carboxylic acids is 1. The number of aliphatic carboxylic acids is 1. The molecule has 4 aliphatic carbocycles. The monoisotopic (exact) mass is 408 g/mol. The summed E-state index contributed by atoms with van der Waals surface area (Å²) in [5, 5.41) is 41.9. The molecular weight excluding hydrogens is 368 g/mol. The van der Waals surface area contributed by atoms with Crippen LogP contribution in [0.15, 0.2) is 0 Å². The van der Waals surface area contributed by atoms with Crippen molar-refractivity contribution in [3.63, 3.8) is 0 Å². The van der Waals surface area contributed by atoms with E-state index < -0.39 is 23.8 Å². The van der Waals surface area contributed by atoms with Crippen molar-refractivity contribution in [3.05, 3.63) is 0 Å². The van der Waals surface area contributed by atoms with Crippen molar-refractivity contribution in [1.29, 1.82) is 0 Å². The van der Waals surface area contributed by atoms with Gasteiger partial charge in [0.2, 0.25) is 0 Å². The molecule has 0 heterocycles. The fraction of sp³-hybridized carbons (Fsp3) is 0.958. The van der Waals surface area contributed by atoms with Crippen LogP contribution in [0.2, 0.25) is 0 Å². The highest BCUT2D eigenvalue weighted by Crippen LogP contribution is 2.69. The van der Waals surface area contributed by atoms with Crippen molar-refractivity contribution in [2.75, 3.05) is 0 Å². The van der Waals surface area contributed by atoms with Crippen LogP contribution in [-0.4, -0.2) is 44.2 Å². The first-order chi connectivity index (χ1) is 13.5. The van der Waals surface area contributed by atoms with Gasteiger partial charge in [0, 0.05) is 18.3 Å². The number of rotatable bonds is 4. The van der Waals surface area contributed by atoms with Gasteiger partial charge in [-0.3, -0.25) is 4.79 Å². The summed E-state index contributed by atoms with van der Waals surface area (Å²) in [4.78, 5) is 11.1. The van der Waals surface area contributed by atoms with Crippen LogP contribution in [-0.2, 0) is 4.79 Å². The average Bonchev–Trinajstić information content (AvgIpc) is 3.00.